The van der Waals surface area contributed by atoms with Crippen LogP contribution in [-0.2, 0) is 0 Å². The fraction of sp³-hybridized carbons (Fsp3) is 0.0714. The van der Waals surface area contributed by atoms with Gasteiger partial charge in [-0.15, -0.1) is 0 Å². The standard InChI is InChI=1S/C14H12Br2N2O/c1-9-5-7-10(8-6-9)14(19)18-17-13-11(15)3-2-4-12(13)16/h2-8,17H,1H3,(H,18,19). The first-order valence-corrected chi connectivity index (χ1v) is 7.23. The summed E-state index contributed by atoms with van der Waals surface area (Å²) < 4.78 is 1.73. The van der Waals surface area contributed by atoms with Gasteiger partial charge < -0.3 is 0 Å². The van der Waals surface area contributed by atoms with E-state index < -0.39 is 0 Å². The highest BCUT2D eigenvalue weighted by Crippen LogP contribution is 2.29. The summed E-state index contributed by atoms with van der Waals surface area (Å²) in [7, 11) is 0. The molecular formula is C14H12Br2N2O. The van der Waals surface area contributed by atoms with Gasteiger partial charge in [0.15, 0.2) is 0 Å². The van der Waals surface area contributed by atoms with Crippen LogP contribution in [0.4, 0.5) is 5.69 Å². The molecule has 0 aliphatic heterocycles. The number of para-hydroxylation sites is 1. The number of amides is 1. The average molecular weight is 384 g/mol. The fourth-order valence-electron chi connectivity index (χ4n) is 1.51. The van der Waals surface area contributed by atoms with Crippen LogP contribution < -0.4 is 10.9 Å². The summed E-state index contributed by atoms with van der Waals surface area (Å²) in [5.41, 5.74) is 8.08. The highest BCUT2D eigenvalue weighted by atomic mass is 79.9. The summed E-state index contributed by atoms with van der Waals surface area (Å²) in [6, 6.07) is 13.1. The number of nitrogens with one attached hydrogen (secondary N) is 2. The minimum atomic E-state index is -0.178. The van der Waals surface area contributed by atoms with E-state index in [4.69, 9.17) is 0 Å². The van der Waals surface area contributed by atoms with Gasteiger partial charge in [-0.2, -0.15) is 0 Å². The van der Waals surface area contributed by atoms with E-state index in [-0.39, 0.29) is 5.91 Å². The number of carbonyl (C=O) groups excluding carboxylic acids is 1. The molecule has 0 unspecified atom stereocenters. The summed E-state index contributed by atoms with van der Waals surface area (Å²) >= 11 is 6.84. The van der Waals surface area contributed by atoms with Crippen LogP contribution in [-0.4, -0.2) is 5.91 Å². The first kappa shape index (κ1) is 14.1. The molecule has 5 heteroatoms. The molecule has 0 saturated heterocycles. The maximum absolute atomic E-state index is 11.9. The van der Waals surface area contributed by atoms with Crippen molar-refractivity contribution in [3.05, 3.63) is 62.5 Å². The van der Waals surface area contributed by atoms with Gasteiger partial charge in [0, 0.05) is 14.5 Å². The normalized spacial score (nSPS) is 10.1. The van der Waals surface area contributed by atoms with Crippen LogP contribution in [0.2, 0.25) is 0 Å². The summed E-state index contributed by atoms with van der Waals surface area (Å²) in [6.07, 6.45) is 0. The van der Waals surface area contributed by atoms with Gasteiger partial charge in [0.05, 0.1) is 5.69 Å². The second kappa shape index (κ2) is 6.21. The van der Waals surface area contributed by atoms with Gasteiger partial charge in [-0.05, 0) is 63.0 Å². The van der Waals surface area contributed by atoms with Crippen molar-refractivity contribution in [2.24, 2.45) is 0 Å². The van der Waals surface area contributed by atoms with Crippen LogP contribution in [0, 0.1) is 6.92 Å². The van der Waals surface area contributed by atoms with Crippen molar-refractivity contribution in [1.29, 1.82) is 0 Å². The largest absolute Gasteiger partial charge is 0.296 e. The van der Waals surface area contributed by atoms with E-state index in [9.17, 15) is 4.79 Å². The third kappa shape index (κ3) is 3.58. The molecule has 98 valence electrons. The maximum Gasteiger partial charge on any atom is 0.269 e. The number of hydrazine groups is 1. The van der Waals surface area contributed by atoms with Crippen molar-refractivity contribution in [1.82, 2.24) is 5.43 Å². The van der Waals surface area contributed by atoms with Crippen molar-refractivity contribution < 1.29 is 4.79 Å². The van der Waals surface area contributed by atoms with E-state index in [0.29, 0.717) is 5.56 Å². The first-order valence-electron chi connectivity index (χ1n) is 5.65. The Kier molecular flexibility index (Phi) is 4.61. The van der Waals surface area contributed by atoms with E-state index in [1.807, 2.05) is 37.3 Å². The highest BCUT2D eigenvalue weighted by molar-refractivity contribution is 9.11. The molecule has 2 aromatic carbocycles. The molecule has 0 heterocycles. The lowest BCUT2D eigenvalue weighted by Crippen LogP contribution is -2.29. The Morgan fingerprint density at radius 2 is 1.58 bits per heavy atom. The Morgan fingerprint density at radius 1 is 1.00 bits per heavy atom. The van der Waals surface area contributed by atoms with Crippen LogP contribution in [0.1, 0.15) is 15.9 Å². The third-order valence-electron chi connectivity index (χ3n) is 2.58. The van der Waals surface area contributed by atoms with Gasteiger partial charge in [-0.25, -0.2) is 0 Å². The minimum absolute atomic E-state index is 0.178. The fourth-order valence-corrected chi connectivity index (χ4v) is 2.71. The Balaban J connectivity index is 2.06. The molecule has 0 atom stereocenters. The zero-order valence-corrected chi connectivity index (χ0v) is 13.4. The number of carbonyl (C=O) groups is 1. The highest BCUT2D eigenvalue weighted by Gasteiger charge is 2.07. The molecule has 0 aliphatic rings. The van der Waals surface area contributed by atoms with Crippen LogP contribution in [0.5, 0.6) is 0 Å². The Morgan fingerprint density at radius 3 is 2.16 bits per heavy atom. The summed E-state index contributed by atoms with van der Waals surface area (Å²) in [5.74, 6) is -0.178. The van der Waals surface area contributed by atoms with Crippen molar-refractivity contribution in [2.75, 3.05) is 5.43 Å². The van der Waals surface area contributed by atoms with Crippen molar-refractivity contribution >= 4 is 43.5 Å². The van der Waals surface area contributed by atoms with Gasteiger partial charge in [-0.3, -0.25) is 15.6 Å². The zero-order chi connectivity index (χ0) is 13.8. The predicted molar refractivity (Wildman–Crippen MR) is 84.1 cm³/mol. The van der Waals surface area contributed by atoms with Gasteiger partial charge in [0.2, 0.25) is 0 Å². The third-order valence-corrected chi connectivity index (χ3v) is 3.90. The molecule has 2 aromatic rings. The molecule has 3 nitrogen and oxygen atoms in total. The molecule has 0 spiro atoms. The van der Waals surface area contributed by atoms with Gasteiger partial charge >= 0.3 is 0 Å². The van der Waals surface area contributed by atoms with E-state index in [0.717, 1.165) is 20.2 Å². The van der Waals surface area contributed by atoms with Crippen LogP contribution in [0.3, 0.4) is 0 Å². The lowest BCUT2D eigenvalue weighted by atomic mass is 10.1. The Hall–Kier alpha value is -1.33. The first-order chi connectivity index (χ1) is 9.08. The molecule has 0 aliphatic carbocycles. The molecule has 2 N–H and O–H groups in total. The number of hydrogen-bond acceptors (Lipinski definition) is 2. The molecule has 0 bridgehead atoms. The van der Waals surface area contributed by atoms with E-state index >= 15 is 0 Å². The second-order valence-corrected chi connectivity index (χ2v) is 5.75. The van der Waals surface area contributed by atoms with E-state index in [1.54, 1.807) is 12.1 Å². The van der Waals surface area contributed by atoms with Crippen LogP contribution in [0.25, 0.3) is 0 Å². The number of halogens is 2. The molecule has 0 fully saturated rings. The molecule has 0 radical (unpaired) electrons. The molecular weight excluding hydrogens is 372 g/mol. The monoisotopic (exact) mass is 382 g/mol. The summed E-state index contributed by atoms with van der Waals surface area (Å²) in [6.45, 7) is 1.98. The molecule has 0 aromatic heterocycles. The van der Waals surface area contributed by atoms with Gasteiger partial charge in [0.1, 0.15) is 0 Å². The van der Waals surface area contributed by atoms with E-state index in [2.05, 4.69) is 42.7 Å². The second-order valence-electron chi connectivity index (χ2n) is 4.04. The lowest BCUT2D eigenvalue weighted by molar-refractivity contribution is 0.0962. The predicted octanol–water partition coefficient (Wildman–Crippen LogP) is 4.28. The Bertz CT molecular complexity index is 577. The quantitative estimate of drug-likeness (QED) is 0.776. The summed E-state index contributed by atoms with van der Waals surface area (Å²) in [5, 5.41) is 0. The molecule has 0 saturated carbocycles. The molecule has 2 rings (SSSR count). The SMILES string of the molecule is Cc1ccc(C(=O)NNc2c(Br)cccc2Br)cc1. The maximum atomic E-state index is 11.9. The topological polar surface area (TPSA) is 41.1 Å². The lowest BCUT2D eigenvalue weighted by Gasteiger charge is -2.12. The molecule has 19 heavy (non-hydrogen) atoms. The number of hydrogen-bond donors (Lipinski definition) is 2. The smallest absolute Gasteiger partial charge is 0.269 e. The summed E-state index contributed by atoms with van der Waals surface area (Å²) in [4.78, 5) is 11.9. The Labute approximate surface area is 128 Å². The number of anilines is 1. The van der Waals surface area contributed by atoms with Crippen molar-refractivity contribution in [3.8, 4) is 0 Å². The number of aryl methyl sites for hydroxylation is 1. The van der Waals surface area contributed by atoms with Crippen molar-refractivity contribution in [3.63, 3.8) is 0 Å². The molecule has 1 amide bonds. The van der Waals surface area contributed by atoms with Crippen LogP contribution in [0.15, 0.2) is 51.4 Å². The van der Waals surface area contributed by atoms with E-state index in [1.165, 1.54) is 0 Å². The van der Waals surface area contributed by atoms with Crippen molar-refractivity contribution in [2.45, 2.75) is 6.92 Å². The zero-order valence-electron chi connectivity index (χ0n) is 10.2. The van der Waals surface area contributed by atoms with Gasteiger partial charge in [0.25, 0.3) is 5.91 Å². The average Bonchev–Trinajstić information content (AvgIpc) is 2.38. The number of rotatable bonds is 3. The van der Waals surface area contributed by atoms with Gasteiger partial charge in [-0.1, -0.05) is 23.8 Å². The number of benzene rings is 2. The minimum Gasteiger partial charge on any atom is -0.296 e. The van der Waals surface area contributed by atoms with Crippen LogP contribution >= 0.6 is 31.9 Å².